The lowest BCUT2D eigenvalue weighted by atomic mass is 9.63. The van der Waals surface area contributed by atoms with E-state index in [4.69, 9.17) is 4.74 Å². The lowest BCUT2D eigenvalue weighted by Crippen LogP contribution is -2.65. The lowest BCUT2D eigenvalue weighted by Gasteiger charge is -2.56. The van der Waals surface area contributed by atoms with Gasteiger partial charge in [-0.1, -0.05) is 185 Å². The second-order valence-electron chi connectivity index (χ2n) is 40.3. The molecule has 10 rings (SSSR count). The molecule has 98 heavy (non-hydrogen) atoms. The van der Waals surface area contributed by atoms with E-state index in [1.807, 2.05) is 0 Å². The zero-order chi connectivity index (χ0) is 73.8. The Bertz CT molecular complexity index is 1820. The third kappa shape index (κ3) is 44.5. The van der Waals surface area contributed by atoms with Crippen LogP contribution in [0.2, 0.25) is 0 Å². The highest BCUT2D eigenvalue weighted by molar-refractivity contribution is 5.05. The summed E-state index contributed by atoms with van der Waals surface area (Å²) in [5.74, 6) is 7.01. The van der Waals surface area contributed by atoms with Crippen LogP contribution in [0.3, 0.4) is 0 Å². The molecule has 10 heteroatoms. The molecular weight excluding hydrogens is 1200 g/mol. The van der Waals surface area contributed by atoms with Crippen molar-refractivity contribution in [2.75, 3.05) is 191 Å². The zero-order valence-electron chi connectivity index (χ0n) is 72.3. The minimum atomic E-state index is 0.510. The van der Waals surface area contributed by atoms with Gasteiger partial charge in [0.25, 0.3) is 0 Å². The second-order valence-corrected chi connectivity index (χ2v) is 40.3. The maximum atomic E-state index is 5.23. The summed E-state index contributed by atoms with van der Waals surface area (Å²) in [6.07, 6.45) is 29.9. The maximum absolute atomic E-state index is 5.23. The average Bonchev–Trinajstić information content (AvgIpc) is 1.28. The second kappa shape index (κ2) is 48.7. The van der Waals surface area contributed by atoms with Crippen LogP contribution in [0.15, 0.2) is 0 Å². The summed E-state index contributed by atoms with van der Waals surface area (Å²) in [4.78, 5) is 22.6. The van der Waals surface area contributed by atoms with Crippen molar-refractivity contribution in [3.63, 3.8) is 0 Å². The number of hydrogen-bond acceptors (Lipinski definition) is 10. The van der Waals surface area contributed by atoms with Gasteiger partial charge in [0.1, 0.15) is 0 Å². The van der Waals surface area contributed by atoms with Gasteiger partial charge in [-0.25, -0.2) is 0 Å². The summed E-state index contributed by atoms with van der Waals surface area (Å²) in [6, 6.07) is 0. The SMILES string of the molecule is CC(C)(C)CCCN1CCC1.CC(C)CCN1CC(C)C1.CC(C)CCN1CC2(CC2)C1.CC(C)CCN1CC2(CCC2)C1.CC(C)CCN1CC2(CCCC2)C1.CC(C)CCN1CC2(COC2)C1.CCN(C)CCC(C)C.CCN(CC)CCC(C)C.CN(C)CCCC(C)(C)C. The monoisotopic (exact) mass is 1380 g/mol. The molecule has 0 bridgehead atoms. The Kier molecular flexibility index (Phi) is 46.6. The summed E-state index contributed by atoms with van der Waals surface area (Å²) in [5.41, 5.74) is 4.14. The van der Waals surface area contributed by atoms with Gasteiger partial charge in [-0.2, -0.15) is 0 Å². The van der Waals surface area contributed by atoms with E-state index in [0.29, 0.717) is 16.2 Å². The Morgan fingerprint density at radius 1 is 0.367 bits per heavy atom. The van der Waals surface area contributed by atoms with Crippen molar-refractivity contribution >= 4 is 0 Å². The summed E-state index contributed by atoms with van der Waals surface area (Å²) in [7, 11) is 6.42. The van der Waals surface area contributed by atoms with E-state index >= 15 is 0 Å². The standard InChI is InChI=1S/C12H23N.C11H21N.C10H19NO.C10H19N.C10H21N.C9H19N.2C9H21N.C8H19N/c1-11(2)5-8-13-9-12(10-13)6-3-4-7-12;1-10(2)4-7-12-8-11(9-12)5-3-6-11;1-9(2)3-4-11-5-10(6-11)7-12-8-10;1-9(2)3-6-11-7-10(8-11)4-5-10;1-10(2,3)6-4-7-11-8-5-9-11;1-8(2)4-5-10-6-9(3)7-10;1-9(2,3)7-6-8-10(4)5;1-5-10(6-2)8-7-9(3)4;1-5-9(4)7-6-8(2)3/h11H,3-10H2,1-2H3;10H,3-9H2,1-2H3;9H,3-8H2,1-2H3;9H,3-8H2,1-2H3;4-9H2,1-3H3;8-9H,4-7H2,1-3H3;6-8H2,1-5H3;9H,5-8H2,1-4H3;8H,5-7H2,1-4H3. The normalized spacial score (nSPS) is 21.3. The maximum Gasteiger partial charge on any atom is 0.0569 e. The molecule has 10 nitrogen and oxygen atoms in total. The Morgan fingerprint density at radius 2 is 0.704 bits per heavy atom. The Morgan fingerprint density at radius 3 is 0.969 bits per heavy atom. The van der Waals surface area contributed by atoms with Crippen LogP contribution in [0.5, 0.6) is 0 Å². The third-order valence-electron chi connectivity index (χ3n) is 23.0. The van der Waals surface area contributed by atoms with Crippen molar-refractivity contribution in [2.45, 2.75) is 301 Å². The Hall–Kier alpha value is -0.400. The van der Waals surface area contributed by atoms with Crippen LogP contribution in [0.25, 0.3) is 0 Å². The average molecular weight is 1380 g/mol. The molecule has 4 spiro atoms. The van der Waals surface area contributed by atoms with E-state index in [1.165, 1.54) is 292 Å². The smallest absolute Gasteiger partial charge is 0.0569 e. The molecule has 0 unspecified atom stereocenters. The molecule has 0 aromatic heterocycles. The fourth-order valence-electron chi connectivity index (χ4n) is 14.9. The minimum absolute atomic E-state index is 0.510. The van der Waals surface area contributed by atoms with Gasteiger partial charge in [0, 0.05) is 70.9 Å². The number of likely N-dealkylation sites (tertiary alicyclic amines) is 6. The number of nitrogens with zero attached hydrogens (tertiary/aromatic N) is 9. The predicted molar refractivity (Wildman–Crippen MR) is 438 cm³/mol. The first-order valence-corrected chi connectivity index (χ1v) is 42.8. The van der Waals surface area contributed by atoms with Gasteiger partial charge >= 0.3 is 0 Å². The van der Waals surface area contributed by atoms with Gasteiger partial charge in [0.2, 0.25) is 0 Å². The molecule has 10 fully saturated rings. The summed E-state index contributed by atoms with van der Waals surface area (Å²) < 4.78 is 5.23. The van der Waals surface area contributed by atoms with Gasteiger partial charge in [0.15, 0.2) is 0 Å². The van der Waals surface area contributed by atoms with Crippen molar-refractivity contribution in [1.82, 2.24) is 44.1 Å². The molecule has 7 saturated heterocycles. The Labute approximate surface area is 617 Å². The van der Waals surface area contributed by atoms with Gasteiger partial charge in [0.05, 0.1) is 13.2 Å². The molecule has 7 aliphatic heterocycles. The highest BCUT2D eigenvalue weighted by Crippen LogP contribution is 2.53. The van der Waals surface area contributed by atoms with E-state index in [2.05, 4.69) is 231 Å². The van der Waals surface area contributed by atoms with Crippen molar-refractivity contribution < 1.29 is 4.74 Å². The Balaban J connectivity index is 0.000000376. The lowest BCUT2D eigenvalue weighted by molar-refractivity contribution is -0.189. The van der Waals surface area contributed by atoms with Crippen LogP contribution >= 0.6 is 0 Å². The first-order chi connectivity index (χ1) is 45.8. The van der Waals surface area contributed by atoms with Crippen molar-refractivity contribution in [3.05, 3.63) is 0 Å². The van der Waals surface area contributed by atoms with Crippen LogP contribution in [-0.2, 0) is 4.74 Å². The number of rotatable bonds is 30. The van der Waals surface area contributed by atoms with Gasteiger partial charge in [-0.3, -0.25) is 0 Å². The summed E-state index contributed by atoms with van der Waals surface area (Å²) in [5, 5.41) is 0. The van der Waals surface area contributed by atoms with E-state index < -0.39 is 0 Å². The van der Waals surface area contributed by atoms with Crippen LogP contribution in [0, 0.1) is 79.8 Å². The van der Waals surface area contributed by atoms with Crippen molar-refractivity contribution in [1.29, 1.82) is 0 Å². The van der Waals surface area contributed by atoms with E-state index in [9.17, 15) is 0 Å². The predicted octanol–water partition coefficient (Wildman–Crippen LogP) is 20.2. The van der Waals surface area contributed by atoms with E-state index in [0.717, 1.165) is 76.8 Å². The highest BCUT2D eigenvalue weighted by Gasteiger charge is 2.52. The van der Waals surface area contributed by atoms with Crippen molar-refractivity contribution in [2.24, 2.45) is 79.8 Å². The molecule has 0 aromatic rings. The summed E-state index contributed by atoms with van der Waals surface area (Å²) >= 11 is 0. The molecule has 0 N–H and O–H groups in total. The van der Waals surface area contributed by atoms with Crippen LogP contribution in [0.4, 0.5) is 0 Å². The third-order valence-corrected chi connectivity index (χ3v) is 23.0. The largest absolute Gasteiger partial charge is 0.380 e. The topological polar surface area (TPSA) is 38.4 Å². The summed E-state index contributed by atoms with van der Waals surface area (Å²) in [6.45, 7) is 88.8. The van der Waals surface area contributed by atoms with E-state index in [1.54, 1.807) is 0 Å². The van der Waals surface area contributed by atoms with Gasteiger partial charge in [-0.05, 0) is 303 Å². The molecule has 0 radical (unpaired) electrons. The molecule has 0 amide bonds. The fraction of sp³-hybridized carbons (Fsp3) is 1.00. The minimum Gasteiger partial charge on any atom is -0.380 e. The molecule has 586 valence electrons. The van der Waals surface area contributed by atoms with Crippen molar-refractivity contribution in [3.8, 4) is 0 Å². The molecule has 3 saturated carbocycles. The molecule has 3 aliphatic carbocycles. The number of ether oxygens (including phenoxy) is 1. The highest BCUT2D eigenvalue weighted by atomic mass is 16.5. The molecule has 0 aromatic carbocycles. The zero-order valence-corrected chi connectivity index (χ0v) is 72.3. The fourth-order valence-corrected chi connectivity index (χ4v) is 14.9. The molecule has 7 heterocycles. The van der Waals surface area contributed by atoms with Gasteiger partial charge < -0.3 is 48.8 Å². The number of hydrogen-bond donors (Lipinski definition) is 0. The first kappa shape index (κ1) is 93.7. The quantitative estimate of drug-likeness (QED) is 0.0694. The molecule has 10 aliphatic rings. The van der Waals surface area contributed by atoms with Crippen LogP contribution in [-0.4, -0.2) is 236 Å². The van der Waals surface area contributed by atoms with Crippen LogP contribution < -0.4 is 0 Å². The molecular formula is C88H183N9O. The first-order valence-electron chi connectivity index (χ1n) is 42.8. The molecule has 0 atom stereocenters. The van der Waals surface area contributed by atoms with Crippen LogP contribution in [0.1, 0.15) is 301 Å². The van der Waals surface area contributed by atoms with E-state index in [-0.39, 0.29) is 0 Å². The van der Waals surface area contributed by atoms with Gasteiger partial charge in [-0.15, -0.1) is 0 Å².